The van der Waals surface area contributed by atoms with E-state index in [0.29, 0.717) is 12.2 Å². The molecule has 0 saturated heterocycles. The van der Waals surface area contributed by atoms with Gasteiger partial charge in [0.05, 0.1) is 0 Å². The van der Waals surface area contributed by atoms with E-state index in [-0.39, 0.29) is 13.2 Å². The highest BCUT2D eigenvalue weighted by Gasteiger charge is 2.04. The highest BCUT2D eigenvalue weighted by molar-refractivity contribution is 5.76. The van der Waals surface area contributed by atoms with Crippen molar-refractivity contribution in [3.05, 3.63) is 29.8 Å². The molecule has 0 atom stereocenters. The second-order valence-corrected chi connectivity index (χ2v) is 2.94. The Hall–Kier alpha value is -1.59. The summed E-state index contributed by atoms with van der Waals surface area (Å²) in [4.78, 5) is 10.8. The quantitative estimate of drug-likeness (QED) is 0.350. The lowest BCUT2D eigenvalue weighted by molar-refractivity contribution is -0.123. The van der Waals surface area contributed by atoms with Gasteiger partial charge in [0.2, 0.25) is 0 Å². The molecular formula is C10H14N2O3. The van der Waals surface area contributed by atoms with Gasteiger partial charge in [0.25, 0.3) is 5.91 Å². The van der Waals surface area contributed by atoms with Crippen LogP contribution in [-0.2, 0) is 11.2 Å². The van der Waals surface area contributed by atoms with Gasteiger partial charge >= 0.3 is 0 Å². The molecule has 5 heteroatoms. The first-order valence-corrected chi connectivity index (χ1v) is 4.59. The summed E-state index contributed by atoms with van der Waals surface area (Å²) in [5.41, 5.74) is 2.84. The standard InChI is InChI=1S/C10H14N2O3/c11-12-10(14)7-15-9-4-2-1-3-8(9)5-6-13/h1-4,13H,5-7,11H2,(H,12,14). The number of para-hydroxylation sites is 1. The SMILES string of the molecule is NNC(=O)COc1ccccc1CCO. The van der Waals surface area contributed by atoms with Crippen molar-refractivity contribution < 1.29 is 14.6 Å². The van der Waals surface area contributed by atoms with E-state index in [2.05, 4.69) is 0 Å². The van der Waals surface area contributed by atoms with Crippen LogP contribution in [0.15, 0.2) is 24.3 Å². The minimum Gasteiger partial charge on any atom is -0.483 e. The fraction of sp³-hybridized carbons (Fsp3) is 0.300. The minimum absolute atomic E-state index is 0.0451. The molecule has 5 nitrogen and oxygen atoms in total. The first-order chi connectivity index (χ1) is 7.27. The number of nitrogens with two attached hydrogens (primary N) is 1. The fourth-order valence-electron chi connectivity index (χ4n) is 1.16. The topological polar surface area (TPSA) is 84.6 Å². The summed E-state index contributed by atoms with van der Waals surface area (Å²) < 4.78 is 5.24. The number of benzene rings is 1. The summed E-state index contributed by atoms with van der Waals surface area (Å²) in [6.07, 6.45) is 0.500. The summed E-state index contributed by atoms with van der Waals surface area (Å²) in [5, 5.41) is 8.81. The largest absolute Gasteiger partial charge is 0.483 e. The van der Waals surface area contributed by atoms with Crippen molar-refractivity contribution in [1.82, 2.24) is 5.43 Å². The van der Waals surface area contributed by atoms with Crippen LogP contribution in [0, 0.1) is 0 Å². The Morgan fingerprint density at radius 2 is 2.20 bits per heavy atom. The van der Waals surface area contributed by atoms with Gasteiger partial charge < -0.3 is 9.84 Å². The molecule has 0 fully saturated rings. The van der Waals surface area contributed by atoms with Gasteiger partial charge in [-0.2, -0.15) is 0 Å². The first kappa shape index (κ1) is 11.5. The van der Waals surface area contributed by atoms with Crippen LogP contribution in [0.25, 0.3) is 0 Å². The van der Waals surface area contributed by atoms with Crippen LogP contribution < -0.4 is 16.0 Å². The fourth-order valence-corrected chi connectivity index (χ4v) is 1.16. The number of hydrogen-bond donors (Lipinski definition) is 3. The number of carbonyl (C=O) groups is 1. The van der Waals surface area contributed by atoms with E-state index in [1.165, 1.54) is 0 Å². The van der Waals surface area contributed by atoms with Gasteiger partial charge in [0.1, 0.15) is 5.75 Å². The van der Waals surface area contributed by atoms with E-state index >= 15 is 0 Å². The maximum absolute atomic E-state index is 10.8. The van der Waals surface area contributed by atoms with Gasteiger partial charge in [-0.15, -0.1) is 0 Å². The third kappa shape index (κ3) is 3.57. The molecule has 0 aliphatic rings. The van der Waals surface area contributed by atoms with Gasteiger partial charge in [-0.1, -0.05) is 18.2 Å². The van der Waals surface area contributed by atoms with Crippen molar-refractivity contribution in [2.45, 2.75) is 6.42 Å². The van der Waals surface area contributed by atoms with Gasteiger partial charge in [-0.05, 0) is 18.1 Å². The average Bonchev–Trinajstić information content (AvgIpc) is 2.28. The lowest BCUT2D eigenvalue weighted by Crippen LogP contribution is -2.34. The van der Waals surface area contributed by atoms with Gasteiger partial charge in [0.15, 0.2) is 6.61 Å². The Morgan fingerprint density at radius 3 is 2.87 bits per heavy atom. The molecule has 1 amide bonds. The molecule has 0 aliphatic carbocycles. The summed E-state index contributed by atoms with van der Waals surface area (Å²) in [5.74, 6) is 5.11. The van der Waals surface area contributed by atoms with Crippen molar-refractivity contribution in [2.75, 3.05) is 13.2 Å². The molecule has 0 aliphatic heterocycles. The molecule has 1 aromatic carbocycles. The number of amides is 1. The summed E-state index contributed by atoms with van der Waals surface area (Å²) >= 11 is 0. The third-order valence-corrected chi connectivity index (χ3v) is 1.87. The van der Waals surface area contributed by atoms with Crippen LogP contribution in [0.2, 0.25) is 0 Å². The summed E-state index contributed by atoms with van der Waals surface area (Å²) in [6.45, 7) is -0.0810. The van der Waals surface area contributed by atoms with Crippen LogP contribution in [0.3, 0.4) is 0 Å². The zero-order valence-corrected chi connectivity index (χ0v) is 8.27. The van der Waals surface area contributed by atoms with Crippen LogP contribution in [0.1, 0.15) is 5.56 Å². The van der Waals surface area contributed by atoms with Crippen LogP contribution in [0.4, 0.5) is 0 Å². The van der Waals surface area contributed by atoms with Gasteiger partial charge in [0, 0.05) is 6.61 Å². The molecule has 1 aromatic rings. The minimum atomic E-state index is -0.395. The number of ether oxygens (including phenoxy) is 1. The molecule has 82 valence electrons. The molecule has 4 N–H and O–H groups in total. The van der Waals surface area contributed by atoms with Gasteiger partial charge in [-0.25, -0.2) is 5.84 Å². The summed E-state index contributed by atoms with van der Waals surface area (Å²) in [7, 11) is 0. The molecule has 0 heterocycles. The maximum Gasteiger partial charge on any atom is 0.271 e. The van der Waals surface area contributed by atoms with Crippen LogP contribution in [-0.4, -0.2) is 24.2 Å². The molecule has 0 saturated carbocycles. The Bertz CT molecular complexity index is 328. The van der Waals surface area contributed by atoms with Crippen molar-refractivity contribution in [3.8, 4) is 5.75 Å². The lowest BCUT2D eigenvalue weighted by Gasteiger charge is -2.09. The lowest BCUT2D eigenvalue weighted by atomic mass is 10.1. The Labute approximate surface area is 87.8 Å². The predicted octanol–water partition coefficient (Wildman–Crippen LogP) is -0.410. The predicted molar refractivity (Wildman–Crippen MR) is 55.1 cm³/mol. The van der Waals surface area contributed by atoms with Crippen molar-refractivity contribution in [2.24, 2.45) is 5.84 Å². The molecule has 15 heavy (non-hydrogen) atoms. The van der Waals surface area contributed by atoms with E-state index in [0.717, 1.165) is 5.56 Å². The highest BCUT2D eigenvalue weighted by atomic mass is 16.5. The summed E-state index contributed by atoms with van der Waals surface area (Å²) in [6, 6.07) is 7.23. The molecule has 0 spiro atoms. The molecular weight excluding hydrogens is 196 g/mol. The number of aliphatic hydroxyl groups is 1. The van der Waals surface area contributed by atoms with Crippen molar-refractivity contribution in [3.63, 3.8) is 0 Å². The van der Waals surface area contributed by atoms with Crippen molar-refractivity contribution in [1.29, 1.82) is 0 Å². The number of hydrazine groups is 1. The molecule has 0 radical (unpaired) electrons. The van der Waals surface area contributed by atoms with Gasteiger partial charge in [-0.3, -0.25) is 10.2 Å². The monoisotopic (exact) mass is 210 g/mol. The highest BCUT2D eigenvalue weighted by Crippen LogP contribution is 2.17. The first-order valence-electron chi connectivity index (χ1n) is 4.59. The number of carbonyl (C=O) groups excluding carboxylic acids is 1. The number of aliphatic hydroxyl groups excluding tert-OH is 1. The van der Waals surface area contributed by atoms with E-state index in [1.807, 2.05) is 17.6 Å². The smallest absolute Gasteiger partial charge is 0.271 e. The molecule has 0 unspecified atom stereocenters. The Balaban J connectivity index is 2.62. The van der Waals surface area contributed by atoms with E-state index < -0.39 is 5.91 Å². The maximum atomic E-state index is 10.8. The number of nitrogens with one attached hydrogen (secondary N) is 1. The Kier molecular flexibility index (Phi) is 4.59. The van der Waals surface area contributed by atoms with Crippen LogP contribution in [0.5, 0.6) is 5.75 Å². The average molecular weight is 210 g/mol. The second kappa shape index (κ2) is 6.00. The second-order valence-electron chi connectivity index (χ2n) is 2.94. The molecule has 0 bridgehead atoms. The number of rotatable bonds is 5. The zero-order chi connectivity index (χ0) is 11.1. The van der Waals surface area contributed by atoms with Crippen LogP contribution >= 0.6 is 0 Å². The zero-order valence-electron chi connectivity index (χ0n) is 8.27. The van der Waals surface area contributed by atoms with E-state index in [9.17, 15) is 4.79 Å². The molecule has 1 rings (SSSR count). The third-order valence-electron chi connectivity index (χ3n) is 1.87. The van der Waals surface area contributed by atoms with E-state index in [4.69, 9.17) is 15.7 Å². The van der Waals surface area contributed by atoms with E-state index in [1.54, 1.807) is 12.1 Å². The molecule has 0 aromatic heterocycles. The van der Waals surface area contributed by atoms with Crippen molar-refractivity contribution >= 4 is 5.91 Å². The Morgan fingerprint density at radius 1 is 1.47 bits per heavy atom. The normalized spacial score (nSPS) is 9.73. The number of hydrogen-bond acceptors (Lipinski definition) is 4.